The summed E-state index contributed by atoms with van der Waals surface area (Å²) in [5.41, 5.74) is 2.72. The van der Waals surface area contributed by atoms with Crippen molar-refractivity contribution in [1.29, 1.82) is 0 Å². The number of nitrogens with one attached hydrogen (secondary N) is 2. The van der Waals surface area contributed by atoms with Crippen molar-refractivity contribution >= 4 is 23.8 Å². The predicted octanol–water partition coefficient (Wildman–Crippen LogP) is 2.54. The van der Waals surface area contributed by atoms with Crippen molar-refractivity contribution in [3.8, 4) is 0 Å². The van der Waals surface area contributed by atoms with Crippen LogP contribution in [0.25, 0.3) is 0 Å². The fourth-order valence-electron chi connectivity index (χ4n) is 7.62. The molecule has 4 aromatic carbocycles. The third kappa shape index (κ3) is 12.9. The molecule has 2 aliphatic rings. The molecule has 4 aromatic rings. The van der Waals surface area contributed by atoms with Crippen molar-refractivity contribution in [2.75, 3.05) is 13.1 Å². The van der Waals surface area contributed by atoms with Gasteiger partial charge in [0.15, 0.2) is 0 Å². The van der Waals surface area contributed by atoms with Gasteiger partial charge < -0.3 is 18.2 Å². The van der Waals surface area contributed by atoms with Crippen LogP contribution in [0.5, 0.6) is 0 Å². The summed E-state index contributed by atoms with van der Waals surface area (Å²) in [5, 5.41) is 6.11. The Hall–Kier alpha value is -4.21. The van der Waals surface area contributed by atoms with Gasteiger partial charge in [0.1, 0.15) is 5.82 Å². The number of nitrogens with zero attached hydrogens (tertiary/aromatic N) is 2. The van der Waals surface area contributed by atoms with E-state index in [-0.39, 0.29) is 81.4 Å². The molecule has 1 unspecified atom stereocenters. The molecule has 2 N–H and O–H groups in total. The maximum absolute atomic E-state index is 13.4. The number of ether oxygens (including phenoxy) is 1. The number of carbonyl (C=O) groups is 4. The number of benzene rings is 4. The van der Waals surface area contributed by atoms with Gasteiger partial charge in [0.2, 0.25) is 11.8 Å². The molecule has 2 aliphatic heterocycles. The second-order valence-electron chi connectivity index (χ2n) is 15.2. The summed E-state index contributed by atoms with van der Waals surface area (Å²) in [5.74, 6) is -2.26. The Balaban J connectivity index is 0.00000331. The van der Waals surface area contributed by atoms with Crippen molar-refractivity contribution in [2.24, 2.45) is 0 Å². The number of amides is 2. The zero-order chi connectivity index (χ0) is 41.4. The third-order valence-electron chi connectivity index (χ3n) is 11.0. The molecule has 4 atom stereocenters. The van der Waals surface area contributed by atoms with Gasteiger partial charge in [0, 0.05) is 13.1 Å². The number of alkyl halides is 3. The molecule has 0 spiro atoms. The minimum Gasteiger partial charge on any atom is -1.00 e. The van der Waals surface area contributed by atoms with Crippen LogP contribution in [0, 0.1) is 5.82 Å². The molecule has 2 amide bonds. The van der Waals surface area contributed by atoms with Crippen molar-refractivity contribution in [3.05, 3.63) is 142 Å². The molecule has 15 heteroatoms. The van der Waals surface area contributed by atoms with E-state index in [0.717, 1.165) is 67.5 Å². The van der Waals surface area contributed by atoms with E-state index >= 15 is 0 Å². The van der Waals surface area contributed by atoms with E-state index in [0.29, 0.717) is 31.6 Å². The van der Waals surface area contributed by atoms with Crippen molar-refractivity contribution in [3.63, 3.8) is 0 Å². The van der Waals surface area contributed by atoms with E-state index in [1.54, 1.807) is 48.5 Å². The molecule has 0 radical (unpaired) electrons. The maximum atomic E-state index is 13.4. The monoisotopic (exact) mass is 816 g/mol. The fourth-order valence-corrected chi connectivity index (χ4v) is 7.62. The van der Waals surface area contributed by atoms with E-state index in [9.17, 15) is 36.7 Å². The average Bonchev–Trinajstić information content (AvgIpc) is 3.22. The Kier molecular flexibility index (Phi) is 17.8. The second kappa shape index (κ2) is 22.1. The van der Waals surface area contributed by atoms with Gasteiger partial charge in [0.25, 0.3) is 0 Å². The Bertz CT molecular complexity index is 2070. The van der Waals surface area contributed by atoms with Crippen molar-refractivity contribution in [2.45, 2.75) is 95.8 Å². The Morgan fingerprint density at radius 1 is 0.633 bits per heavy atom. The van der Waals surface area contributed by atoms with Gasteiger partial charge in [0.05, 0.1) is 40.9 Å². The number of piperidine rings is 2. The molecule has 2 fully saturated rings. The number of rotatable bonds is 12. The molecular weight excluding hydrogens is 766 g/mol. The summed E-state index contributed by atoms with van der Waals surface area (Å²) >= 11 is 0. The van der Waals surface area contributed by atoms with Crippen LogP contribution in [0.4, 0.5) is 17.6 Å². The molecule has 60 heavy (non-hydrogen) atoms. The minimum absolute atomic E-state index is 0. The van der Waals surface area contributed by atoms with Crippen LogP contribution >= 0.6 is 0 Å². The molecule has 0 saturated carbocycles. The van der Waals surface area contributed by atoms with E-state index in [1.165, 1.54) is 36.4 Å². The van der Waals surface area contributed by atoms with Gasteiger partial charge in [-0.1, -0.05) is 61.4 Å². The van der Waals surface area contributed by atoms with Crippen LogP contribution in [0.2, 0.25) is 0 Å². The molecule has 2 heterocycles. The smallest absolute Gasteiger partial charge is 1.00 e. The fraction of sp³-hybridized carbons (Fsp3) is 0.378. The standard InChI is InChI=1S/C45H48F4N4O5.2Li.2H/c1-29(50-41(54)39-7-3-5-25-52(39)27-31-9-21-37(22-10-31)45(47,48)49)33-13-17-35(18-14-33)43(56)58-44(57)36-19-15-34(16-20-36)30(2)51-42(55)40-8-4-6-26-53(40)28-32-11-23-38(46)24-12-32;;;;/h9-24,29-30,39-40H,3-8,25-28H2,1-2H3,(H,50,54)(H,51,55);;;;/q;2*+1;2*-1/t29-,30-,39?,40+;;;;/m0..../s1. The predicted molar refractivity (Wildman–Crippen MR) is 212 cm³/mol. The number of esters is 2. The molecule has 310 valence electrons. The molecule has 0 bridgehead atoms. The first-order valence-corrected chi connectivity index (χ1v) is 19.7. The van der Waals surface area contributed by atoms with E-state index in [1.807, 2.05) is 18.7 Å². The third-order valence-corrected chi connectivity index (χ3v) is 11.0. The van der Waals surface area contributed by atoms with Crippen molar-refractivity contribution < 1.29 is 82.1 Å². The first kappa shape index (κ1) is 48.5. The average molecular weight is 817 g/mol. The van der Waals surface area contributed by atoms with Gasteiger partial charge in [-0.3, -0.25) is 19.4 Å². The summed E-state index contributed by atoms with van der Waals surface area (Å²) < 4.78 is 57.6. The van der Waals surface area contributed by atoms with Crippen LogP contribution in [-0.2, 0) is 33.6 Å². The maximum Gasteiger partial charge on any atom is 1.00 e. The first-order valence-electron chi connectivity index (χ1n) is 19.7. The first-order chi connectivity index (χ1) is 27.7. The topological polar surface area (TPSA) is 108 Å². The Morgan fingerprint density at radius 3 is 1.40 bits per heavy atom. The minimum atomic E-state index is -4.41. The summed E-state index contributed by atoms with van der Waals surface area (Å²) in [7, 11) is 0. The zero-order valence-electron chi connectivity index (χ0n) is 36.6. The summed E-state index contributed by atoms with van der Waals surface area (Å²) in [6.07, 6.45) is 0.577. The summed E-state index contributed by atoms with van der Waals surface area (Å²) in [6.45, 7) is 5.98. The van der Waals surface area contributed by atoms with Crippen LogP contribution in [0.3, 0.4) is 0 Å². The number of carbonyl (C=O) groups excluding carboxylic acids is 4. The van der Waals surface area contributed by atoms with Gasteiger partial charge in [-0.05, 0) is 123 Å². The quantitative estimate of drug-likeness (QED) is 0.0981. The number of hydrogen-bond donors (Lipinski definition) is 2. The summed E-state index contributed by atoms with van der Waals surface area (Å²) in [6, 6.07) is 22.7. The van der Waals surface area contributed by atoms with E-state index in [2.05, 4.69) is 15.5 Å². The molecular formula is C45H50F4Li2N4O5. The van der Waals surface area contributed by atoms with E-state index < -0.39 is 35.8 Å². The molecule has 6 rings (SSSR count). The SMILES string of the molecule is C[C@H](NC(=O)C1CCCCN1Cc1ccc(C(F)(F)F)cc1)c1ccc(C(=O)OC(=O)c2ccc([C@H](C)NC(=O)[C@H]3CCCCN3Cc3ccc(F)cc3)cc2)cc1.[H-].[H-].[Li+].[Li+]. The van der Waals surface area contributed by atoms with Crippen molar-refractivity contribution in [1.82, 2.24) is 20.4 Å². The normalized spacial score (nSPS) is 18.2. The molecule has 0 aromatic heterocycles. The number of likely N-dealkylation sites (tertiary alicyclic amines) is 2. The van der Waals surface area contributed by atoms with Gasteiger partial charge in [-0.2, -0.15) is 13.2 Å². The Morgan fingerprint density at radius 2 is 1.02 bits per heavy atom. The largest absolute Gasteiger partial charge is 1.00 e. The van der Waals surface area contributed by atoms with Crippen LogP contribution in [-0.4, -0.2) is 58.7 Å². The number of halogens is 4. The van der Waals surface area contributed by atoms with Crippen LogP contribution in [0.15, 0.2) is 97.1 Å². The van der Waals surface area contributed by atoms with Crippen LogP contribution in [0.1, 0.15) is 116 Å². The summed E-state index contributed by atoms with van der Waals surface area (Å²) in [4.78, 5) is 56.7. The second-order valence-corrected chi connectivity index (χ2v) is 15.2. The molecule has 0 aliphatic carbocycles. The van der Waals surface area contributed by atoms with Crippen LogP contribution < -0.4 is 48.4 Å². The molecule has 9 nitrogen and oxygen atoms in total. The van der Waals surface area contributed by atoms with Gasteiger partial charge in [-0.25, -0.2) is 14.0 Å². The Labute approximate surface area is 375 Å². The number of hydrogen-bond acceptors (Lipinski definition) is 7. The van der Waals surface area contributed by atoms with E-state index in [4.69, 9.17) is 4.74 Å². The van der Waals surface area contributed by atoms with Gasteiger partial charge >= 0.3 is 55.8 Å². The van der Waals surface area contributed by atoms with Gasteiger partial charge in [-0.15, -0.1) is 0 Å². The molecule has 2 saturated heterocycles. The zero-order valence-corrected chi connectivity index (χ0v) is 34.6.